The van der Waals surface area contributed by atoms with Gasteiger partial charge in [0.25, 0.3) is 0 Å². The quantitative estimate of drug-likeness (QED) is 0.544. The molecule has 3 amide bonds. The van der Waals surface area contributed by atoms with Crippen LogP contribution >= 0.6 is 11.8 Å². The number of hydrogen-bond acceptors (Lipinski definition) is 5. The molecule has 1 N–H and O–H groups in total. The second-order valence-electron chi connectivity index (χ2n) is 7.63. The number of nitrogens with zero attached hydrogens (tertiary/aromatic N) is 1. The summed E-state index contributed by atoms with van der Waals surface area (Å²) in [5.74, 6) is -0.409. The molecule has 1 unspecified atom stereocenters. The van der Waals surface area contributed by atoms with Gasteiger partial charge in [-0.25, -0.2) is 14.4 Å². The maximum absolute atomic E-state index is 13.7. The third kappa shape index (κ3) is 4.44. The van der Waals surface area contributed by atoms with Gasteiger partial charge in [-0.05, 0) is 17.2 Å². The lowest BCUT2D eigenvalue weighted by atomic mass is 10.0. The van der Waals surface area contributed by atoms with E-state index in [0.29, 0.717) is 5.69 Å². The van der Waals surface area contributed by atoms with Crippen molar-refractivity contribution in [3.8, 4) is 0 Å². The molecule has 3 aromatic carbocycles. The van der Waals surface area contributed by atoms with Gasteiger partial charge in [-0.15, -0.1) is 0 Å². The van der Waals surface area contributed by atoms with E-state index >= 15 is 0 Å². The van der Waals surface area contributed by atoms with Crippen LogP contribution in [0.4, 0.5) is 15.3 Å². The minimum absolute atomic E-state index is 0.0860. The zero-order chi connectivity index (χ0) is 22.6. The number of nitrogens with one attached hydrogen (secondary N) is 1. The fourth-order valence-corrected chi connectivity index (χ4v) is 4.73. The molecule has 0 aliphatic carbocycles. The number of hydrogen-bond donors (Lipinski definition) is 1. The minimum Gasteiger partial charge on any atom is -0.445 e. The number of carbonyl (C=O) groups excluding carboxylic acids is 3. The summed E-state index contributed by atoms with van der Waals surface area (Å²) < 4.78 is 4.82. The van der Waals surface area contributed by atoms with Crippen molar-refractivity contribution in [3.63, 3.8) is 0 Å². The molecule has 0 spiro atoms. The van der Waals surface area contributed by atoms with Gasteiger partial charge in [-0.1, -0.05) is 72.8 Å². The van der Waals surface area contributed by atoms with E-state index in [1.54, 1.807) is 19.2 Å². The van der Waals surface area contributed by atoms with Crippen LogP contribution < -0.4 is 9.80 Å². The van der Waals surface area contributed by atoms with E-state index in [0.717, 1.165) is 27.8 Å². The van der Waals surface area contributed by atoms with Crippen molar-refractivity contribution < 1.29 is 19.1 Å². The Morgan fingerprint density at radius 1 is 0.906 bits per heavy atom. The van der Waals surface area contributed by atoms with Gasteiger partial charge in [0.1, 0.15) is 6.61 Å². The highest BCUT2D eigenvalue weighted by molar-refractivity contribution is 8.14. The third-order valence-corrected chi connectivity index (χ3v) is 6.54. The van der Waals surface area contributed by atoms with Crippen LogP contribution in [-0.4, -0.2) is 30.3 Å². The molecule has 1 heterocycles. The summed E-state index contributed by atoms with van der Waals surface area (Å²) in [5, 5.41) is 2.40. The lowest BCUT2D eigenvalue weighted by Crippen LogP contribution is -2.60. The number of rotatable bonds is 6. The van der Waals surface area contributed by atoms with Gasteiger partial charge in [0.2, 0.25) is 0 Å². The van der Waals surface area contributed by atoms with Crippen molar-refractivity contribution >= 4 is 34.7 Å². The number of carbonyl (C=O) groups is 3. The van der Waals surface area contributed by atoms with Crippen molar-refractivity contribution in [1.29, 1.82) is 0 Å². The van der Waals surface area contributed by atoms with E-state index < -0.39 is 22.5 Å². The molecule has 4 rings (SSSR count). The normalized spacial score (nSPS) is 18.0. The van der Waals surface area contributed by atoms with E-state index in [4.69, 9.17) is 4.74 Å². The molecule has 0 aromatic heterocycles. The average molecular weight is 448 g/mol. The van der Waals surface area contributed by atoms with Crippen molar-refractivity contribution in [3.05, 3.63) is 96.1 Å². The van der Waals surface area contributed by atoms with E-state index in [-0.39, 0.29) is 18.3 Å². The Morgan fingerprint density at radius 3 is 2.19 bits per heavy atom. The van der Waals surface area contributed by atoms with Gasteiger partial charge < -0.3 is 10.1 Å². The highest BCUT2D eigenvalue weighted by atomic mass is 32.2. The second kappa shape index (κ2) is 9.38. The van der Waals surface area contributed by atoms with Gasteiger partial charge in [-0.2, -0.15) is 4.48 Å². The van der Waals surface area contributed by atoms with Crippen molar-refractivity contribution in [2.24, 2.45) is 0 Å². The van der Waals surface area contributed by atoms with Crippen LogP contribution in [0.15, 0.2) is 89.8 Å². The van der Waals surface area contributed by atoms with Crippen LogP contribution in [0.25, 0.3) is 0 Å². The fraction of sp³-hybridized carbons (Fsp3) is 0.160. The number of ether oxygens (including phenoxy) is 1. The monoisotopic (exact) mass is 447 g/mol. The summed E-state index contributed by atoms with van der Waals surface area (Å²) in [7, 11) is 1.58. The standard InChI is InChI=1S/C25H22N2O4S/c1-27(21-14-8-9-15-22(21)32-25(27)30)23(28)20(16-18-10-4-2-5-11-18)26-24(29)31-17-19-12-6-3-7-13-19/h2-15,20H,16-17H2,1H3/p+1/t20-,27?/m1/s1. The number of alkyl carbamates (subject to hydrolysis) is 1. The maximum Gasteiger partial charge on any atom is 0.408 e. The first kappa shape index (κ1) is 21.8. The lowest BCUT2D eigenvalue weighted by Gasteiger charge is -2.28. The average Bonchev–Trinajstić information content (AvgIpc) is 3.09. The van der Waals surface area contributed by atoms with Crippen LogP contribution in [0.3, 0.4) is 0 Å². The van der Waals surface area contributed by atoms with Gasteiger partial charge in [0, 0.05) is 24.2 Å². The fourth-order valence-electron chi connectivity index (χ4n) is 3.67. The summed E-state index contributed by atoms with van der Waals surface area (Å²) in [6.07, 6.45) is -0.462. The van der Waals surface area contributed by atoms with Crippen molar-refractivity contribution in [1.82, 2.24) is 9.80 Å². The molecule has 0 saturated heterocycles. The molecule has 0 radical (unpaired) electrons. The Morgan fingerprint density at radius 2 is 1.50 bits per heavy atom. The SMILES string of the molecule is C[N+]1(C(=O)[C@@H](Cc2ccccc2)NC(=O)OCc2ccccc2)C(=O)Sc2ccccc21. The smallest absolute Gasteiger partial charge is 0.408 e. The first-order valence-electron chi connectivity index (χ1n) is 10.2. The van der Waals surface area contributed by atoms with Gasteiger partial charge >= 0.3 is 17.2 Å². The molecule has 2 atom stereocenters. The number of thioether (sulfide) groups is 1. The Bertz CT molecular complexity index is 1140. The van der Waals surface area contributed by atoms with Crippen LogP contribution in [0.1, 0.15) is 11.1 Å². The Hall–Kier alpha value is -3.42. The largest absolute Gasteiger partial charge is 0.445 e. The van der Waals surface area contributed by atoms with E-state index in [1.165, 1.54) is 0 Å². The van der Waals surface area contributed by atoms with Crippen LogP contribution in [0, 0.1) is 0 Å². The Balaban J connectivity index is 1.57. The highest BCUT2D eigenvalue weighted by Gasteiger charge is 2.53. The van der Waals surface area contributed by atoms with Crippen LogP contribution in [-0.2, 0) is 22.6 Å². The molecule has 0 bridgehead atoms. The molecule has 162 valence electrons. The summed E-state index contributed by atoms with van der Waals surface area (Å²) in [4.78, 5) is 40.0. The first-order chi connectivity index (χ1) is 15.5. The molecule has 3 aromatic rings. The van der Waals surface area contributed by atoms with Crippen molar-refractivity contribution in [2.45, 2.75) is 24.0 Å². The number of imide groups is 1. The zero-order valence-corrected chi connectivity index (χ0v) is 18.4. The van der Waals surface area contributed by atoms with E-state index in [1.807, 2.05) is 72.8 Å². The number of para-hydroxylation sites is 1. The predicted octanol–water partition coefficient (Wildman–Crippen LogP) is 4.91. The Labute approximate surface area is 190 Å². The summed E-state index contributed by atoms with van der Waals surface area (Å²) in [5.41, 5.74) is 2.33. The topological polar surface area (TPSA) is 72.5 Å². The number of fused-ring (bicyclic) bond motifs is 1. The molecule has 1 aliphatic heterocycles. The molecule has 7 heteroatoms. The molecule has 0 fully saturated rings. The molecule has 0 saturated carbocycles. The first-order valence-corrected chi connectivity index (χ1v) is 11.0. The maximum atomic E-state index is 13.7. The summed E-state index contributed by atoms with van der Waals surface area (Å²) in [6, 6.07) is 25.0. The molecule has 32 heavy (non-hydrogen) atoms. The van der Waals surface area contributed by atoms with Crippen LogP contribution in [0.5, 0.6) is 0 Å². The number of likely N-dealkylation sites (N-methyl/N-ethyl adjacent to an activating group) is 1. The van der Waals surface area contributed by atoms with E-state index in [9.17, 15) is 14.4 Å². The molecule has 1 aliphatic rings. The predicted molar refractivity (Wildman–Crippen MR) is 124 cm³/mol. The summed E-state index contributed by atoms with van der Waals surface area (Å²) in [6.45, 7) is 0.0860. The minimum atomic E-state index is -0.943. The van der Waals surface area contributed by atoms with Gasteiger partial charge in [-0.3, -0.25) is 0 Å². The molecular weight excluding hydrogens is 424 g/mol. The number of quaternary nitrogens is 1. The second-order valence-corrected chi connectivity index (χ2v) is 8.62. The van der Waals surface area contributed by atoms with Crippen LogP contribution in [0.2, 0.25) is 0 Å². The van der Waals surface area contributed by atoms with Gasteiger partial charge in [0.05, 0.1) is 11.9 Å². The zero-order valence-electron chi connectivity index (χ0n) is 17.6. The molecular formula is C25H23N2O4S+. The third-order valence-electron chi connectivity index (χ3n) is 5.44. The molecule has 6 nitrogen and oxygen atoms in total. The number of amides is 3. The lowest BCUT2D eigenvalue weighted by molar-refractivity contribution is -0.128. The van der Waals surface area contributed by atoms with Crippen molar-refractivity contribution in [2.75, 3.05) is 7.05 Å². The van der Waals surface area contributed by atoms with Gasteiger partial charge in [0.15, 0.2) is 11.7 Å². The van der Waals surface area contributed by atoms with E-state index in [2.05, 4.69) is 5.32 Å². The Kier molecular flexibility index (Phi) is 6.39. The highest BCUT2D eigenvalue weighted by Crippen LogP contribution is 2.44. The number of benzene rings is 3. The summed E-state index contributed by atoms with van der Waals surface area (Å²) >= 11 is 1.04.